The standard InChI is InChI=1S/C29H26BrCl2NO4/c1-15-18(29(34)36-3)8-9-21-19-5-4-6-20(19)27(33-26(15)21)17-12-22(30)28(25(13-17)35-2)37-14-16-7-10-23(31)24(32)11-16/h4-5,7-13,19-20,27,33H,6,14H2,1-3H3/t19-,20+,27-/m1/s1. The van der Waals surface area contributed by atoms with Gasteiger partial charge in [0.2, 0.25) is 0 Å². The van der Waals surface area contributed by atoms with Gasteiger partial charge in [0.25, 0.3) is 0 Å². The van der Waals surface area contributed by atoms with Crippen molar-refractivity contribution in [1.29, 1.82) is 0 Å². The van der Waals surface area contributed by atoms with E-state index in [0.717, 1.165) is 33.3 Å². The molecule has 0 saturated heterocycles. The molecule has 5 rings (SSSR count). The SMILES string of the molecule is COC(=O)c1ccc2c(c1C)N[C@H](c1cc(Br)c(OCc3ccc(Cl)c(Cl)c3)c(OC)c1)[C@H]1CC=C[C@@H]21. The van der Waals surface area contributed by atoms with Gasteiger partial charge >= 0.3 is 5.97 Å². The molecule has 0 bridgehead atoms. The zero-order valence-corrected chi connectivity index (χ0v) is 23.7. The topological polar surface area (TPSA) is 56.8 Å². The second-order valence-electron chi connectivity index (χ2n) is 9.24. The van der Waals surface area contributed by atoms with Gasteiger partial charge in [0.15, 0.2) is 11.5 Å². The van der Waals surface area contributed by atoms with E-state index in [1.54, 1.807) is 19.2 Å². The number of benzene rings is 3. The van der Waals surface area contributed by atoms with E-state index in [4.69, 9.17) is 37.4 Å². The summed E-state index contributed by atoms with van der Waals surface area (Å²) in [7, 11) is 3.04. The third kappa shape index (κ3) is 4.83. The van der Waals surface area contributed by atoms with E-state index in [0.29, 0.717) is 39.6 Å². The summed E-state index contributed by atoms with van der Waals surface area (Å²) >= 11 is 15.9. The van der Waals surface area contributed by atoms with Gasteiger partial charge in [-0.05, 0) is 87.8 Å². The van der Waals surface area contributed by atoms with Crippen molar-refractivity contribution >= 4 is 50.8 Å². The van der Waals surface area contributed by atoms with Crippen molar-refractivity contribution in [3.8, 4) is 11.5 Å². The van der Waals surface area contributed by atoms with Gasteiger partial charge in [0.05, 0.1) is 40.3 Å². The number of rotatable bonds is 6. The fourth-order valence-electron chi connectivity index (χ4n) is 5.32. The summed E-state index contributed by atoms with van der Waals surface area (Å²) in [6, 6.07) is 13.4. The maximum atomic E-state index is 12.3. The highest BCUT2D eigenvalue weighted by Gasteiger charge is 2.39. The van der Waals surface area contributed by atoms with Crippen molar-refractivity contribution in [3.05, 3.63) is 97.0 Å². The van der Waals surface area contributed by atoms with Crippen LogP contribution in [0.2, 0.25) is 10.0 Å². The maximum absolute atomic E-state index is 12.3. The predicted molar refractivity (Wildman–Crippen MR) is 150 cm³/mol. The van der Waals surface area contributed by atoms with E-state index in [1.807, 2.05) is 31.2 Å². The smallest absolute Gasteiger partial charge is 0.338 e. The van der Waals surface area contributed by atoms with Crippen LogP contribution in [0.15, 0.2) is 59.1 Å². The van der Waals surface area contributed by atoms with E-state index >= 15 is 0 Å². The second kappa shape index (κ2) is 10.6. The highest BCUT2D eigenvalue weighted by molar-refractivity contribution is 9.10. The molecule has 8 heteroatoms. The molecule has 192 valence electrons. The first-order valence-electron chi connectivity index (χ1n) is 11.9. The number of carbonyl (C=O) groups is 1. The molecule has 1 aliphatic heterocycles. The number of carbonyl (C=O) groups excluding carboxylic acids is 1. The molecular formula is C29H26BrCl2NO4. The van der Waals surface area contributed by atoms with Gasteiger partial charge in [0.1, 0.15) is 6.61 Å². The lowest BCUT2D eigenvalue weighted by Gasteiger charge is -2.39. The zero-order valence-electron chi connectivity index (χ0n) is 20.6. The van der Waals surface area contributed by atoms with Crippen LogP contribution in [0.5, 0.6) is 11.5 Å². The number of fused-ring (bicyclic) bond motifs is 3. The number of anilines is 1. The Balaban J connectivity index is 1.48. The molecule has 0 radical (unpaired) electrons. The normalized spacial score (nSPS) is 19.6. The number of nitrogens with one attached hydrogen (secondary N) is 1. The van der Waals surface area contributed by atoms with Crippen LogP contribution in [0.4, 0.5) is 5.69 Å². The van der Waals surface area contributed by atoms with Gasteiger partial charge in [-0.3, -0.25) is 0 Å². The summed E-state index contributed by atoms with van der Waals surface area (Å²) in [5, 5.41) is 4.74. The van der Waals surface area contributed by atoms with Crippen LogP contribution in [0.1, 0.15) is 51.0 Å². The fourth-order valence-corrected chi connectivity index (χ4v) is 6.21. The van der Waals surface area contributed by atoms with Crippen molar-refractivity contribution in [2.45, 2.75) is 31.9 Å². The molecule has 0 aromatic heterocycles. The molecular weight excluding hydrogens is 577 g/mol. The van der Waals surface area contributed by atoms with Crippen molar-refractivity contribution in [2.24, 2.45) is 5.92 Å². The Morgan fingerprint density at radius 2 is 1.92 bits per heavy atom. The van der Waals surface area contributed by atoms with E-state index in [1.165, 1.54) is 12.7 Å². The summed E-state index contributed by atoms with van der Waals surface area (Å²) in [6.07, 6.45) is 5.47. The van der Waals surface area contributed by atoms with Gasteiger partial charge < -0.3 is 19.5 Å². The monoisotopic (exact) mass is 601 g/mol. The van der Waals surface area contributed by atoms with Crippen LogP contribution in [-0.4, -0.2) is 20.2 Å². The third-order valence-corrected chi connectivity index (χ3v) is 8.51. The van der Waals surface area contributed by atoms with E-state index < -0.39 is 0 Å². The molecule has 1 aliphatic carbocycles. The largest absolute Gasteiger partial charge is 0.493 e. The molecule has 0 saturated carbocycles. The highest BCUT2D eigenvalue weighted by atomic mass is 79.9. The van der Waals surface area contributed by atoms with Crippen molar-refractivity contribution in [3.63, 3.8) is 0 Å². The maximum Gasteiger partial charge on any atom is 0.338 e. The van der Waals surface area contributed by atoms with Gasteiger partial charge in [-0.2, -0.15) is 0 Å². The minimum absolute atomic E-state index is 0.00780. The van der Waals surface area contributed by atoms with Gasteiger partial charge in [-0.25, -0.2) is 4.79 Å². The van der Waals surface area contributed by atoms with Gasteiger partial charge in [-0.15, -0.1) is 0 Å². The number of methoxy groups -OCH3 is 2. The fraction of sp³-hybridized carbons (Fsp3) is 0.276. The Kier molecular flexibility index (Phi) is 7.44. The van der Waals surface area contributed by atoms with E-state index in [-0.39, 0.29) is 17.9 Å². The van der Waals surface area contributed by atoms with Gasteiger partial charge in [0, 0.05) is 11.6 Å². The molecule has 3 atom stereocenters. The molecule has 3 aromatic rings. The van der Waals surface area contributed by atoms with E-state index in [9.17, 15) is 4.79 Å². The number of hydrogen-bond acceptors (Lipinski definition) is 5. The Hall–Kier alpha value is -2.67. The summed E-state index contributed by atoms with van der Waals surface area (Å²) < 4.78 is 17.7. The van der Waals surface area contributed by atoms with E-state index in [2.05, 4.69) is 39.5 Å². The summed E-state index contributed by atoms with van der Waals surface area (Å²) in [6.45, 7) is 2.27. The molecule has 1 N–H and O–H groups in total. The third-order valence-electron chi connectivity index (χ3n) is 7.18. The molecule has 0 fully saturated rings. The van der Waals surface area contributed by atoms with Gasteiger partial charge in [-0.1, -0.05) is 47.5 Å². The van der Waals surface area contributed by atoms with Crippen LogP contribution in [0.3, 0.4) is 0 Å². The average Bonchev–Trinajstić information content (AvgIpc) is 3.39. The van der Waals surface area contributed by atoms with Crippen LogP contribution in [0, 0.1) is 12.8 Å². The molecule has 2 aliphatic rings. The molecule has 0 unspecified atom stereocenters. The Labute approximate surface area is 234 Å². The van der Waals surface area contributed by atoms with Crippen LogP contribution >= 0.6 is 39.1 Å². The minimum Gasteiger partial charge on any atom is -0.493 e. The quantitative estimate of drug-likeness (QED) is 0.227. The first kappa shape index (κ1) is 26.0. The zero-order chi connectivity index (χ0) is 26.3. The van der Waals surface area contributed by atoms with Crippen LogP contribution < -0.4 is 14.8 Å². The summed E-state index contributed by atoms with van der Waals surface area (Å²) in [5.74, 6) is 1.48. The number of ether oxygens (including phenoxy) is 3. The van der Waals surface area contributed by atoms with Crippen LogP contribution in [-0.2, 0) is 11.3 Å². The predicted octanol–water partition coefficient (Wildman–Crippen LogP) is 8.27. The van der Waals surface area contributed by atoms with Crippen LogP contribution in [0.25, 0.3) is 0 Å². The van der Waals surface area contributed by atoms with Crippen molar-refractivity contribution in [1.82, 2.24) is 0 Å². The Morgan fingerprint density at radius 1 is 1.11 bits per heavy atom. The first-order valence-corrected chi connectivity index (χ1v) is 13.5. The molecule has 3 aromatic carbocycles. The molecule has 37 heavy (non-hydrogen) atoms. The minimum atomic E-state index is -0.337. The Morgan fingerprint density at radius 3 is 2.65 bits per heavy atom. The molecule has 0 spiro atoms. The first-order chi connectivity index (χ1) is 17.8. The number of halogens is 3. The van der Waals surface area contributed by atoms with Crippen molar-refractivity contribution in [2.75, 3.05) is 19.5 Å². The molecule has 1 heterocycles. The molecule has 0 amide bonds. The van der Waals surface area contributed by atoms with Crippen molar-refractivity contribution < 1.29 is 19.0 Å². The number of esters is 1. The number of hydrogen-bond donors (Lipinski definition) is 1. The lowest BCUT2D eigenvalue weighted by Crippen LogP contribution is -2.30. The highest BCUT2D eigenvalue weighted by Crippen LogP contribution is 2.52. The second-order valence-corrected chi connectivity index (χ2v) is 10.9. The Bertz CT molecular complexity index is 1410. The lowest BCUT2D eigenvalue weighted by atomic mass is 9.76. The summed E-state index contributed by atoms with van der Waals surface area (Å²) in [5.41, 5.74) is 5.61. The number of allylic oxidation sites excluding steroid dienone is 2. The average molecular weight is 603 g/mol. The molecule has 5 nitrogen and oxygen atoms in total. The lowest BCUT2D eigenvalue weighted by molar-refractivity contribution is 0.0600. The summed E-state index contributed by atoms with van der Waals surface area (Å²) in [4.78, 5) is 12.3.